The summed E-state index contributed by atoms with van der Waals surface area (Å²) in [5, 5.41) is 0. The van der Waals surface area contributed by atoms with E-state index in [0.29, 0.717) is 4.90 Å². The number of aryl methyl sites for hydroxylation is 1. The van der Waals surface area contributed by atoms with Crippen LogP contribution in [0.3, 0.4) is 0 Å². The predicted molar refractivity (Wildman–Crippen MR) is 38.1 cm³/mol. The summed E-state index contributed by atoms with van der Waals surface area (Å²) >= 11 is 0.277. The lowest BCUT2D eigenvalue weighted by atomic mass is 10.2. The molecule has 0 aliphatic rings. The van der Waals surface area contributed by atoms with E-state index < -0.39 is 0 Å². The van der Waals surface area contributed by atoms with Crippen LogP contribution in [0.4, 0.5) is 3.89 Å². The van der Waals surface area contributed by atoms with Crippen molar-refractivity contribution in [3.05, 3.63) is 29.8 Å². The third-order valence-corrected chi connectivity index (χ3v) is 1.56. The van der Waals surface area contributed by atoms with Gasteiger partial charge in [0.05, 0.1) is 12.1 Å². The summed E-state index contributed by atoms with van der Waals surface area (Å²) in [7, 11) is 0. The van der Waals surface area contributed by atoms with E-state index in [1.54, 1.807) is 12.1 Å². The zero-order valence-corrected chi connectivity index (χ0v) is 5.91. The van der Waals surface area contributed by atoms with E-state index in [2.05, 4.69) is 0 Å². The summed E-state index contributed by atoms with van der Waals surface area (Å²) < 4.78 is 11.8. The molecular weight excluding hydrogens is 135 g/mol. The second-order valence-electron chi connectivity index (χ2n) is 1.89. The molecule has 1 rings (SSSR count). The summed E-state index contributed by atoms with van der Waals surface area (Å²) in [5.74, 6) is 0. The number of hydrogen-bond donors (Lipinski definition) is 0. The van der Waals surface area contributed by atoms with E-state index in [0.717, 1.165) is 5.56 Å². The van der Waals surface area contributed by atoms with Crippen molar-refractivity contribution in [2.75, 3.05) is 0 Å². The van der Waals surface area contributed by atoms with Crippen molar-refractivity contribution in [1.29, 1.82) is 0 Å². The summed E-state index contributed by atoms with van der Waals surface area (Å²) in [6, 6.07) is 7.31. The Kier molecular flexibility index (Phi) is 2.11. The highest BCUT2D eigenvalue weighted by Gasteiger charge is 1.88. The van der Waals surface area contributed by atoms with Crippen molar-refractivity contribution in [1.82, 2.24) is 0 Å². The molecule has 0 atom stereocenters. The van der Waals surface area contributed by atoms with Gasteiger partial charge in [0.2, 0.25) is 0 Å². The van der Waals surface area contributed by atoms with Crippen LogP contribution in [0.5, 0.6) is 0 Å². The maximum absolute atomic E-state index is 11.8. The molecule has 0 amide bonds. The van der Waals surface area contributed by atoms with Crippen LogP contribution >= 0.6 is 12.1 Å². The van der Waals surface area contributed by atoms with E-state index in [1.807, 2.05) is 19.1 Å². The fraction of sp³-hybridized carbons (Fsp3) is 0.143. The molecule has 0 nitrogen and oxygen atoms in total. The fourth-order valence-corrected chi connectivity index (χ4v) is 0.829. The molecule has 0 radical (unpaired) electrons. The lowest BCUT2D eigenvalue weighted by Crippen LogP contribution is -1.69. The molecule has 0 aromatic heterocycles. The van der Waals surface area contributed by atoms with Crippen molar-refractivity contribution in [2.45, 2.75) is 11.8 Å². The van der Waals surface area contributed by atoms with E-state index >= 15 is 0 Å². The first-order valence-corrected chi connectivity index (χ1v) is 3.40. The number of rotatable bonds is 1. The quantitative estimate of drug-likeness (QED) is 0.581. The molecule has 2 heteroatoms. The third kappa shape index (κ3) is 1.72. The molecule has 1 aromatic rings. The van der Waals surface area contributed by atoms with Gasteiger partial charge in [0, 0.05) is 4.90 Å². The first kappa shape index (κ1) is 6.62. The minimum Gasteiger partial charge on any atom is -0.160 e. The van der Waals surface area contributed by atoms with Gasteiger partial charge in [-0.05, 0) is 19.1 Å². The minimum absolute atomic E-state index is 0.277. The van der Waals surface area contributed by atoms with Gasteiger partial charge in [0.15, 0.2) is 0 Å². The van der Waals surface area contributed by atoms with Crippen LogP contribution in [0.15, 0.2) is 29.2 Å². The fourth-order valence-electron chi connectivity index (χ4n) is 0.590. The first-order valence-electron chi connectivity index (χ1n) is 2.68. The van der Waals surface area contributed by atoms with Gasteiger partial charge in [-0.1, -0.05) is 17.7 Å². The molecule has 0 aliphatic carbocycles. The monoisotopic (exact) mass is 142 g/mol. The second kappa shape index (κ2) is 2.87. The zero-order chi connectivity index (χ0) is 6.69. The van der Waals surface area contributed by atoms with Crippen LogP contribution in [0.25, 0.3) is 0 Å². The van der Waals surface area contributed by atoms with Gasteiger partial charge < -0.3 is 0 Å². The smallest absolute Gasteiger partial charge is 0.0812 e. The second-order valence-corrected chi connectivity index (χ2v) is 2.52. The Bertz CT molecular complexity index is 181. The highest BCUT2D eigenvalue weighted by atomic mass is 32.2. The van der Waals surface area contributed by atoms with Gasteiger partial charge in [-0.25, -0.2) is 0 Å². The Balaban J connectivity index is 2.88. The number of hydrogen-bond acceptors (Lipinski definition) is 1. The molecule has 0 bridgehead atoms. The Morgan fingerprint density at radius 3 is 2.22 bits per heavy atom. The summed E-state index contributed by atoms with van der Waals surface area (Å²) in [6.07, 6.45) is 0. The first-order chi connectivity index (χ1) is 4.33. The van der Waals surface area contributed by atoms with E-state index in [-0.39, 0.29) is 12.1 Å². The molecule has 0 fully saturated rings. The summed E-state index contributed by atoms with van der Waals surface area (Å²) in [5.41, 5.74) is 1.16. The van der Waals surface area contributed by atoms with Gasteiger partial charge in [-0.2, -0.15) is 3.89 Å². The van der Waals surface area contributed by atoms with Crippen LogP contribution in [0.1, 0.15) is 5.56 Å². The summed E-state index contributed by atoms with van der Waals surface area (Å²) in [4.78, 5) is 0.667. The van der Waals surface area contributed by atoms with E-state index in [4.69, 9.17) is 0 Å². The van der Waals surface area contributed by atoms with Crippen molar-refractivity contribution >= 4 is 12.1 Å². The Morgan fingerprint density at radius 2 is 1.78 bits per heavy atom. The molecule has 0 saturated carbocycles. The van der Waals surface area contributed by atoms with Gasteiger partial charge in [-0.3, -0.25) is 0 Å². The predicted octanol–water partition coefficient (Wildman–Crippen LogP) is 2.97. The minimum atomic E-state index is 0.277. The summed E-state index contributed by atoms with van der Waals surface area (Å²) in [6.45, 7) is 1.98. The van der Waals surface area contributed by atoms with Gasteiger partial charge >= 0.3 is 0 Å². The molecule has 0 saturated heterocycles. The highest BCUT2D eigenvalue weighted by molar-refractivity contribution is 7.94. The van der Waals surface area contributed by atoms with Crippen molar-refractivity contribution < 1.29 is 3.89 Å². The third-order valence-electron chi connectivity index (χ3n) is 1.11. The lowest BCUT2D eigenvalue weighted by Gasteiger charge is -1.91. The zero-order valence-electron chi connectivity index (χ0n) is 5.10. The maximum atomic E-state index is 11.8. The lowest BCUT2D eigenvalue weighted by molar-refractivity contribution is 0.934. The van der Waals surface area contributed by atoms with Gasteiger partial charge in [0.25, 0.3) is 0 Å². The average molecular weight is 142 g/mol. The molecular formula is C7H7FS. The highest BCUT2D eigenvalue weighted by Crippen LogP contribution is 2.17. The van der Waals surface area contributed by atoms with Crippen molar-refractivity contribution in [3.8, 4) is 0 Å². The Labute approximate surface area is 58.4 Å². The van der Waals surface area contributed by atoms with Crippen molar-refractivity contribution in [3.63, 3.8) is 0 Å². The largest absolute Gasteiger partial charge is 0.160 e. The molecule has 48 valence electrons. The van der Waals surface area contributed by atoms with Gasteiger partial charge in [0.1, 0.15) is 0 Å². The molecule has 0 heterocycles. The molecule has 1 aromatic carbocycles. The normalized spacial score (nSPS) is 9.56. The van der Waals surface area contributed by atoms with Crippen LogP contribution in [0.2, 0.25) is 0 Å². The van der Waals surface area contributed by atoms with Crippen LogP contribution in [0, 0.1) is 6.92 Å². The van der Waals surface area contributed by atoms with E-state index in [1.165, 1.54) is 0 Å². The SMILES string of the molecule is Cc1ccc(SF)cc1. The standard InChI is InChI=1S/C7H7FS/c1-6-2-4-7(9-8)5-3-6/h2-5H,1H3. The maximum Gasteiger partial charge on any atom is 0.0812 e. The van der Waals surface area contributed by atoms with Gasteiger partial charge in [-0.15, -0.1) is 0 Å². The Morgan fingerprint density at radius 1 is 1.22 bits per heavy atom. The molecule has 0 spiro atoms. The van der Waals surface area contributed by atoms with Crippen LogP contribution < -0.4 is 0 Å². The number of benzene rings is 1. The molecule has 0 N–H and O–H groups in total. The molecule has 0 aliphatic heterocycles. The topological polar surface area (TPSA) is 0 Å². The number of halogens is 1. The van der Waals surface area contributed by atoms with Crippen molar-refractivity contribution in [2.24, 2.45) is 0 Å². The molecule has 9 heavy (non-hydrogen) atoms. The molecule has 0 unspecified atom stereocenters. The Hall–Kier alpha value is -0.500. The van der Waals surface area contributed by atoms with Crippen LogP contribution in [-0.2, 0) is 0 Å². The van der Waals surface area contributed by atoms with Crippen LogP contribution in [-0.4, -0.2) is 0 Å². The average Bonchev–Trinajstić information content (AvgIpc) is 1.90. The van der Waals surface area contributed by atoms with E-state index in [9.17, 15) is 3.89 Å².